The normalized spacial score (nSPS) is 16.2. The average molecular weight is 452 g/mol. The number of benzene rings is 2. The Morgan fingerprint density at radius 1 is 1.33 bits per heavy atom. The van der Waals surface area contributed by atoms with Crippen LogP contribution in [0, 0.1) is 12.7 Å². The van der Waals surface area contributed by atoms with Crippen LogP contribution in [-0.4, -0.2) is 58.7 Å². The van der Waals surface area contributed by atoms with Crippen LogP contribution in [0.1, 0.15) is 12.0 Å². The van der Waals surface area contributed by atoms with Crippen molar-refractivity contribution in [3.8, 4) is 5.75 Å². The molecule has 1 aliphatic heterocycles. The van der Waals surface area contributed by atoms with Gasteiger partial charge in [-0.05, 0) is 43.2 Å². The predicted molar refractivity (Wildman–Crippen MR) is 125 cm³/mol. The van der Waals surface area contributed by atoms with Crippen LogP contribution in [0.25, 0.3) is 10.9 Å². The Morgan fingerprint density at radius 2 is 2.18 bits per heavy atom. The number of phenols is 1. The van der Waals surface area contributed by atoms with Gasteiger partial charge in [0.25, 0.3) is 0 Å². The Kier molecular flexibility index (Phi) is 6.81. The van der Waals surface area contributed by atoms with Gasteiger partial charge in [0.1, 0.15) is 23.7 Å². The summed E-state index contributed by atoms with van der Waals surface area (Å²) in [5.41, 5.74) is 1.90. The van der Waals surface area contributed by atoms with Crippen LogP contribution in [0.5, 0.6) is 5.75 Å². The first-order valence-electron chi connectivity index (χ1n) is 10.7. The molecule has 3 aromatic rings. The summed E-state index contributed by atoms with van der Waals surface area (Å²) in [6.45, 7) is 4.00. The van der Waals surface area contributed by atoms with Crippen LogP contribution in [0.3, 0.4) is 0 Å². The lowest BCUT2D eigenvalue weighted by Crippen LogP contribution is -2.50. The van der Waals surface area contributed by atoms with E-state index < -0.39 is 0 Å². The van der Waals surface area contributed by atoms with Gasteiger partial charge in [-0.1, -0.05) is 6.08 Å². The lowest BCUT2D eigenvalue weighted by atomic mass is 10.0. The molecule has 1 unspecified atom stereocenters. The molecule has 1 aromatic heterocycles. The maximum atomic E-state index is 13.6. The standard InChI is InChI=1S/C24H26FN5O3/c1-15-10-16(5-6-19(15)25)28-24-18-11-21(22(31)12-20(18)26-14-27-24)29-23(32)4-3-8-30-9-7-17(30)13-33-2/h3-6,10-12,14,17,31H,7-9,13H2,1-2H3,(H,29,32)(H,26,27,28)/b4-3+. The molecule has 0 aliphatic carbocycles. The van der Waals surface area contributed by atoms with Crippen LogP contribution >= 0.6 is 0 Å². The van der Waals surface area contributed by atoms with E-state index in [1.807, 2.05) is 0 Å². The molecule has 4 rings (SSSR count). The average Bonchev–Trinajstić information content (AvgIpc) is 2.77. The van der Waals surface area contributed by atoms with E-state index in [9.17, 15) is 14.3 Å². The molecule has 1 amide bonds. The van der Waals surface area contributed by atoms with Crippen molar-refractivity contribution in [2.75, 3.05) is 37.4 Å². The van der Waals surface area contributed by atoms with Gasteiger partial charge in [-0.25, -0.2) is 14.4 Å². The van der Waals surface area contributed by atoms with E-state index >= 15 is 0 Å². The van der Waals surface area contributed by atoms with E-state index in [1.54, 1.807) is 38.3 Å². The molecule has 0 radical (unpaired) electrons. The lowest BCUT2D eigenvalue weighted by Gasteiger charge is -2.39. The largest absolute Gasteiger partial charge is 0.506 e. The van der Waals surface area contributed by atoms with Crippen molar-refractivity contribution in [2.45, 2.75) is 19.4 Å². The Morgan fingerprint density at radius 3 is 2.91 bits per heavy atom. The number of phenolic OH excluding ortho intramolecular Hbond substituents is 1. The third-order valence-electron chi connectivity index (χ3n) is 5.67. The summed E-state index contributed by atoms with van der Waals surface area (Å²) in [7, 11) is 1.68. The van der Waals surface area contributed by atoms with Crippen molar-refractivity contribution >= 4 is 34.0 Å². The van der Waals surface area contributed by atoms with E-state index in [0.717, 1.165) is 13.0 Å². The molecule has 1 aliphatic rings. The summed E-state index contributed by atoms with van der Waals surface area (Å²) in [6.07, 6.45) is 5.71. The number of nitrogens with zero attached hydrogens (tertiary/aromatic N) is 3. The first-order valence-corrected chi connectivity index (χ1v) is 10.7. The van der Waals surface area contributed by atoms with Crippen LogP contribution < -0.4 is 10.6 Å². The van der Waals surface area contributed by atoms with Gasteiger partial charge in [0.15, 0.2) is 0 Å². The van der Waals surface area contributed by atoms with Crippen LogP contribution in [0.4, 0.5) is 21.6 Å². The van der Waals surface area contributed by atoms with E-state index in [1.165, 1.54) is 24.5 Å². The number of aromatic nitrogens is 2. The Labute approximate surface area is 191 Å². The lowest BCUT2D eigenvalue weighted by molar-refractivity contribution is -0.112. The maximum Gasteiger partial charge on any atom is 0.248 e. The number of halogens is 1. The van der Waals surface area contributed by atoms with Crippen LogP contribution in [-0.2, 0) is 9.53 Å². The summed E-state index contributed by atoms with van der Waals surface area (Å²) in [6, 6.07) is 8.13. The number of ether oxygens (including phenoxy) is 1. The van der Waals surface area contributed by atoms with Gasteiger partial charge in [-0.2, -0.15) is 0 Å². The van der Waals surface area contributed by atoms with E-state index in [4.69, 9.17) is 4.74 Å². The molecular formula is C24H26FN5O3. The molecule has 1 saturated heterocycles. The van der Waals surface area contributed by atoms with Gasteiger partial charge in [0.05, 0.1) is 17.8 Å². The highest BCUT2D eigenvalue weighted by Crippen LogP contribution is 2.32. The monoisotopic (exact) mass is 451 g/mol. The molecule has 33 heavy (non-hydrogen) atoms. The first kappa shape index (κ1) is 22.6. The number of fused-ring (bicyclic) bond motifs is 1. The Bertz CT molecular complexity index is 1200. The van der Waals surface area contributed by atoms with Crippen molar-refractivity contribution in [3.63, 3.8) is 0 Å². The second-order valence-corrected chi connectivity index (χ2v) is 7.98. The summed E-state index contributed by atoms with van der Waals surface area (Å²) in [4.78, 5) is 23.1. The molecule has 3 N–H and O–H groups in total. The number of carbonyl (C=O) groups is 1. The van der Waals surface area contributed by atoms with Crippen molar-refractivity contribution in [1.82, 2.24) is 14.9 Å². The van der Waals surface area contributed by atoms with E-state index in [2.05, 4.69) is 25.5 Å². The summed E-state index contributed by atoms with van der Waals surface area (Å²) >= 11 is 0. The molecule has 0 spiro atoms. The number of likely N-dealkylation sites (tertiary alicyclic amines) is 1. The third-order valence-corrected chi connectivity index (χ3v) is 5.67. The zero-order chi connectivity index (χ0) is 23.4. The SMILES string of the molecule is COCC1CCN1C/C=C/C(=O)Nc1cc2c(Nc3ccc(F)c(C)c3)ncnc2cc1O. The summed E-state index contributed by atoms with van der Waals surface area (Å²) < 4.78 is 18.8. The quantitative estimate of drug-likeness (QED) is 0.354. The minimum absolute atomic E-state index is 0.102. The number of carbonyl (C=O) groups excluding carboxylic acids is 1. The van der Waals surface area contributed by atoms with Crippen molar-refractivity contribution in [1.29, 1.82) is 0 Å². The molecule has 0 bridgehead atoms. The van der Waals surface area contributed by atoms with Crippen molar-refractivity contribution < 1.29 is 19.0 Å². The number of hydrogen-bond donors (Lipinski definition) is 3. The third kappa shape index (κ3) is 5.27. The maximum absolute atomic E-state index is 13.6. The molecule has 2 aromatic carbocycles. The number of aromatic hydroxyl groups is 1. The second-order valence-electron chi connectivity index (χ2n) is 7.98. The Hall–Kier alpha value is -3.56. The minimum atomic E-state index is -0.353. The fourth-order valence-corrected chi connectivity index (χ4v) is 3.74. The highest BCUT2D eigenvalue weighted by molar-refractivity contribution is 6.03. The van der Waals surface area contributed by atoms with Gasteiger partial charge in [-0.3, -0.25) is 9.69 Å². The fraction of sp³-hybridized carbons (Fsp3) is 0.292. The number of hydrogen-bond acceptors (Lipinski definition) is 7. The van der Waals surface area contributed by atoms with Gasteiger partial charge >= 0.3 is 0 Å². The molecule has 8 nitrogen and oxygen atoms in total. The smallest absolute Gasteiger partial charge is 0.248 e. The molecule has 0 saturated carbocycles. The highest BCUT2D eigenvalue weighted by Gasteiger charge is 2.26. The number of rotatable bonds is 8. The highest BCUT2D eigenvalue weighted by atomic mass is 19.1. The first-order chi connectivity index (χ1) is 15.9. The van der Waals surface area contributed by atoms with Gasteiger partial charge in [0.2, 0.25) is 5.91 Å². The van der Waals surface area contributed by atoms with E-state index in [0.29, 0.717) is 47.2 Å². The van der Waals surface area contributed by atoms with Crippen LogP contribution in [0.15, 0.2) is 48.8 Å². The summed E-state index contributed by atoms with van der Waals surface area (Å²) in [5, 5.41) is 16.8. The van der Waals surface area contributed by atoms with Gasteiger partial charge in [0, 0.05) is 49.5 Å². The molecule has 1 atom stereocenters. The molecule has 172 valence electrons. The minimum Gasteiger partial charge on any atom is -0.506 e. The van der Waals surface area contributed by atoms with E-state index in [-0.39, 0.29) is 23.2 Å². The van der Waals surface area contributed by atoms with Gasteiger partial charge < -0.3 is 20.5 Å². The number of amides is 1. The number of nitrogens with one attached hydrogen (secondary N) is 2. The number of aryl methyl sites for hydroxylation is 1. The van der Waals surface area contributed by atoms with Crippen molar-refractivity contribution in [3.05, 3.63) is 60.2 Å². The number of methoxy groups -OCH3 is 1. The topological polar surface area (TPSA) is 99.6 Å². The number of anilines is 3. The predicted octanol–water partition coefficient (Wildman–Crippen LogP) is 3.74. The summed E-state index contributed by atoms with van der Waals surface area (Å²) in [5.74, 6) is -0.276. The molecule has 2 heterocycles. The zero-order valence-electron chi connectivity index (χ0n) is 18.5. The fourth-order valence-electron chi connectivity index (χ4n) is 3.74. The van der Waals surface area contributed by atoms with Crippen molar-refractivity contribution in [2.24, 2.45) is 0 Å². The zero-order valence-corrected chi connectivity index (χ0v) is 18.5. The Balaban J connectivity index is 1.49. The molecular weight excluding hydrogens is 425 g/mol. The van der Waals surface area contributed by atoms with Crippen LogP contribution in [0.2, 0.25) is 0 Å². The second kappa shape index (κ2) is 9.93. The van der Waals surface area contributed by atoms with Gasteiger partial charge in [-0.15, -0.1) is 0 Å². The molecule has 1 fully saturated rings. The molecule has 9 heteroatoms.